The van der Waals surface area contributed by atoms with Gasteiger partial charge in [-0.05, 0) is 111 Å². The number of rotatable bonds is 4. The second-order valence-electron chi connectivity index (χ2n) is 16.3. The summed E-state index contributed by atoms with van der Waals surface area (Å²) in [6.07, 6.45) is 3.97. The van der Waals surface area contributed by atoms with Gasteiger partial charge in [0.1, 0.15) is 11.5 Å². The first-order chi connectivity index (χ1) is 22.6. The minimum Gasteiger partial charge on any atom is -0.341 e. The van der Waals surface area contributed by atoms with Gasteiger partial charge in [0, 0.05) is 39.8 Å². The van der Waals surface area contributed by atoms with Crippen LogP contribution < -0.4 is 0 Å². The van der Waals surface area contributed by atoms with Crippen LogP contribution in [0.3, 0.4) is 0 Å². The van der Waals surface area contributed by atoms with Gasteiger partial charge in [-0.1, -0.05) is 92.6 Å². The van der Waals surface area contributed by atoms with Crippen molar-refractivity contribution in [2.45, 2.75) is 78.6 Å². The smallest absolute Gasteiger partial charge is 0.146 e. The maximum atomic E-state index is 5.31. The number of H-pyrrole nitrogens is 1. The van der Waals surface area contributed by atoms with E-state index in [-0.39, 0.29) is 16.2 Å². The van der Waals surface area contributed by atoms with Crippen LogP contribution in [0.4, 0.5) is 0 Å². The van der Waals surface area contributed by atoms with E-state index in [0.717, 1.165) is 50.4 Å². The van der Waals surface area contributed by atoms with Gasteiger partial charge in [0.15, 0.2) is 0 Å². The molecule has 7 rings (SSSR count). The molecule has 0 aliphatic heterocycles. The molecule has 7 aromatic rings. The first kappa shape index (κ1) is 31.6. The summed E-state index contributed by atoms with van der Waals surface area (Å²) < 4.78 is 2.17. The molecule has 0 fully saturated rings. The summed E-state index contributed by atoms with van der Waals surface area (Å²) in [6.45, 7) is 20.5. The van der Waals surface area contributed by atoms with Crippen molar-refractivity contribution in [2.75, 3.05) is 0 Å². The molecule has 4 aromatic heterocycles. The summed E-state index contributed by atoms with van der Waals surface area (Å²) in [6, 6.07) is 35.4. The Hall–Kier alpha value is -4.96. The molecule has 3 aromatic carbocycles. The number of hydrogen-bond acceptors (Lipinski definition) is 2. The molecular formula is C44H46N4. The fraction of sp³-hybridized carbons (Fsp3) is 0.273. The van der Waals surface area contributed by atoms with Crippen LogP contribution in [0.2, 0.25) is 0 Å². The van der Waals surface area contributed by atoms with E-state index < -0.39 is 0 Å². The number of nitrogens with one attached hydrogen (secondary N) is 1. The second kappa shape index (κ2) is 11.3. The molecule has 0 saturated heterocycles. The summed E-state index contributed by atoms with van der Waals surface area (Å²) in [4.78, 5) is 13.7. The van der Waals surface area contributed by atoms with E-state index in [4.69, 9.17) is 9.97 Å². The Morgan fingerprint density at radius 2 is 1.17 bits per heavy atom. The van der Waals surface area contributed by atoms with Gasteiger partial charge >= 0.3 is 0 Å². The molecule has 4 heteroatoms. The highest BCUT2D eigenvalue weighted by molar-refractivity contribution is 5.87. The van der Waals surface area contributed by atoms with Crippen LogP contribution in [-0.2, 0) is 16.2 Å². The van der Waals surface area contributed by atoms with Gasteiger partial charge in [0.25, 0.3) is 0 Å². The van der Waals surface area contributed by atoms with Crippen molar-refractivity contribution in [2.24, 2.45) is 0 Å². The minimum atomic E-state index is 0.0202. The fourth-order valence-corrected chi connectivity index (χ4v) is 6.36. The fourth-order valence-electron chi connectivity index (χ4n) is 6.36. The lowest BCUT2D eigenvalue weighted by atomic mass is 9.78. The van der Waals surface area contributed by atoms with Gasteiger partial charge in [0.2, 0.25) is 0 Å². The number of pyridine rings is 2. The number of aromatic amines is 1. The van der Waals surface area contributed by atoms with E-state index >= 15 is 0 Å². The van der Waals surface area contributed by atoms with Crippen molar-refractivity contribution in [3.05, 3.63) is 126 Å². The lowest BCUT2D eigenvalue weighted by molar-refractivity contribution is 0.569. The van der Waals surface area contributed by atoms with Crippen LogP contribution in [0, 0.1) is 0 Å². The number of hydrogen-bond donors (Lipinski definition) is 1. The summed E-state index contributed by atoms with van der Waals surface area (Å²) >= 11 is 0. The highest BCUT2D eigenvalue weighted by Gasteiger charge is 2.22. The van der Waals surface area contributed by atoms with E-state index in [0.29, 0.717) is 0 Å². The van der Waals surface area contributed by atoms with Crippen LogP contribution in [0.15, 0.2) is 109 Å². The topological polar surface area (TPSA) is 46.5 Å². The molecule has 0 aliphatic carbocycles. The molecule has 0 atom stereocenters. The Bertz CT molecular complexity index is 2250. The largest absolute Gasteiger partial charge is 0.341 e. The molecular weight excluding hydrogens is 585 g/mol. The molecule has 48 heavy (non-hydrogen) atoms. The van der Waals surface area contributed by atoms with Crippen molar-refractivity contribution in [1.29, 1.82) is 0 Å². The maximum absolute atomic E-state index is 5.31. The molecule has 0 amide bonds. The van der Waals surface area contributed by atoms with Crippen molar-refractivity contribution < 1.29 is 0 Å². The van der Waals surface area contributed by atoms with Gasteiger partial charge in [-0.25, -0.2) is 4.98 Å². The number of benzene rings is 3. The molecule has 0 aliphatic rings. The van der Waals surface area contributed by atoms with Crippen LogP contribution in [-0.4, -0.2) is 19.5 Å². The molecule has 0 spiro atoms. The minimum absolute atomic E-state index is 0.0202. The van der Waals surface area contributed by atoms with Crippen molar-refractivity contribution in [3.63, 3.8) is 0 Å². The molecule has 0 saturated carbocycles. The molecule has 0 unspecified atom stereocenters. The van der Waals surface area contributed by atoms with Gasteiger partial charge in [0.05, 0.1) is 11.4 Å². The summed E-state index contributed by atoms with van der Waals surface area (Å²) in [5, 5.41) is 2.30. The van der Waals surface area contributed by atoms with Crippen LogP contribution in [0.1, 0.15) is 79.0 Å². The molecule has 1 N–H and O–H groups in total. The van der Waals surface area contributed by atoms with Crippen molar-refractivity contribution in [1.82, 2.24) is 19.5 Å². The lowest BCUT2D eigenvalue weighted by Gasteiger charge is -2.26. The Kier molecular flexibility index (Phi) is 7.47. The Balaban J connectivity index is 1.39. The predicted octanol–water partition coefficient (Wildman–Crippen LogP) is 11.8. The summed E-state index contributed by atoms with van der Waals surface area (Å²) in [5.41, 5.74) is 12.5. The van der Waals surface area contributed by atoms with Crippen molar-refractivity contribution in [3.8, 4) is 39.5 Å². The third-order valence-electron chi connectivity index (χ3n) is 9.46. The Morgan fingerprint density at radius 3 is 1.81 bits per heavy atom. The molecule has 0 bridgehead atoms. The maximum Gasteiger partial charge on any atom is 0.146 e. The zero-order valence-electron chi connectivity index (χ0n) is 29.7. The third-order valence-corrected chi connectivity index (χ3v) is 9.46. The third kappa shape index (κ3) is 6.08. The van der Waals surface area contributed by atoms with Gasteiger partial charge in [-0.2, -0.15) is 0 Å². The predicted molar refractivity (Wildman–Crippen MR) is 203 cm³/mol. The molecule has 0 radical (unpaired) electrons. The first-order valence-electron chi connectivity index (χ1n) is 17.0. The standard InChI is InChI=1S/C44H46N4/c1-42(2,3)34-14-16-38-33(25-34)26-40(46-38)48-19-17-28-13-15-39(47-41(28)48)32-21-29(20-31(22-32)37-12-10-11-18-45-37)30-23-35(43(4,5)6)27-36(24-30)44(7,8)9/h10-27,46H,1-9H3. The van der Waals surface area contributed by atoms with Crippen LogP contribution >= 0.6 is 0 Å². The SMILES string of the molecule is CC(C)(C)c1cc(-c2cc(-c3ccccn3)cc(-c3ccc4ccn(-c5cc6cc(C(C)(C)C)ccc6[nH]5)c4n3)c2)cc(C(C)(C)C)c1. The molecule has 4 heterocycles. The van der Waals surface area contributed by atoms with E-state index in [1.165, 1.54) is 27.6 Å². The number of fused-ring (bicyclic) bond motifs is 2. The van der Waals surface area contributed by atoms with Gasteiger partial charge in [-0.15, -0.1) is 0 Å². The van der Waals surface area contributed by atoms with E-state index in [1.54, 1.807) is 0 Å². The second-order valence-corrected chi connectivity index (χ2v) is 16.3. The highest BCUT2D eigenvalue weighted by atomic mass is 15.1. The zero-order valence-corrected chi connectivity index (χ0v) is 29.7. The summed E-state index contributed by atoms with van der Waals surface area (Å²) in [7, 11) is 0. The summed E-state index contributed by atoms with van der Waals surface area (Å²) in [5.74, 6) is 1.01. The Morgan fingerprint density at radius 1 is 0.521 bits per heavy atom. The van der Waals surface area contributed by atoms with E-state index in [9.17, 15) is 0 Å². The number of aromatic nitrogens is 4. The Labute approximate surface area is 284 Å². The van der Waals surface area contributed by atoms with Gasteiger partial charge in [-0.3, -0.25) is 9.55 Å². The first-order valence-corrected chi connectivity index (χ1v) is 17.0. The van der Waals surface area contributed by atoms with Crippen molar-refractivity contribution >= 4 is 21.9 Å². The lowest BCUT2D eigenvalue weighted by Crippen LogP contribution is -2.16. The average molecular weight is 631 g/mol. The highest BCUT2D eigenvalue weighted by Crippen LogP contribution is 2.38. The van der Waals surface area contributed by atoms with E-state index in [2.05, 4.69) is 169 Å². The van der Waals surface area contributed by atoms with Crippen LogP contribution in [0.5, 0.6) is 0 Å². The van der Waals surface area contributed by atoms with Gasteiger partial charge < -0.3 is 4.98 Å². The van der Waals surface area contributed by atoms with Crippen LogP contribution in [0.25, 0.3) is 61.4 Å². The number of nitrogens with zero attached hydrogens (tertiary/aromatic N) is 3. The average Bonchev–Trinajstić information content (AvgIpc) is 3.67. The molecule has 242 valence electrons. The quantitative estimate of drug-likeness (QED) is 0.210. The molecule has 4 nitrogen and oxygen atoms in total. The monoisotopic (exact) mass is 630 g/mol. The van der Waals surface area contributed by atoms with E-state index in [1.807, 2.05) is 12.3 Å². The normalized spacial score (nSPS) is 12.7. The zero-order chi connectivity index (χ0) is 34.0.